The molecule has 2 heterocycles. The van der Waals surface area contributed by atoms with Gasteiger partial charge in [-0.05, 0) is 48.9 Å². The lowest BCUT2D eigenvalue weighted by Crippen LogP contribution is -2.37. The first-order valence-electron chi connectivity index (χ1n) is 9.79. The van der Waals surface area contributed by atoms with E-state index in [4.69, 9.17) is 4.84 Å². The summed E-state index contributed by atoms with van der Waals surface area (Å²) in [6.45, 7) is 1.95. The average Bonchev–Trinajstić information content (AvgIpc) is 3.27. The fraction of sp³-hybridized carbons (Fsp3) is 0.167. The van der Waals surface area contributed by atoms with Crippen LogP contribution >= 0.6 is 0 Å². The maximum absolute atomic E-state index is 13.5. The highest BCUT2D eigenvalue weighted by Crippen LogP contribution is 2.47. The van der Waals surface area contributed by atoms with Crippen molar-refractivity contribution in [2.24, 2.45) is 5.92 Å². The van der Waals surface area contributed by atoms with Crippen molar-refractivity contribution in [2.75, 3.05) is 9.96 Å². The van der Waals surface area contributed by atoms with Gasteiger partial charge < -0.3 is 5.11 Å². The number of fused-ring (bicyclic) bond motifs is 1. The Morgan fingerprint density at radius 3 is 2.13 bits per heavy atom. The second-order valence-corrected chi connectivity index (χ2v) is 7.60. The van der Waals surface area contributed by atoms with Gasteiger partial charge in [0, 0.05) is 0 Å². The molecule has 2 aliphatic heterocycles. The zero-order valence-electron chi connectivity index (χ0n) is 16.3. The van der Waals surface area contributed by atoms with Crippen LogP contribution in [0.2, 0.25) is 0 Å². The van der Waals surface area contributed by atoms with E-state index in [2.05, 4.69) is 0 Å². The summed E-state index contributed by atoms with van der Waals surface area (Å²) in [5.74, 6) is -1.21. The number of carbonyl (C=O) groups is 2. The first-order chi connectivity index (χ1) is 14.5. The number of phenolic OH excluding ortho intramolecular Hbond substituents is 1. The fourth-order valence-corrected chi connectivity index (χ4v) is 4.17. The van der Waals surface area contributed by atoms with Crippen molar-refractivity contribution >= 4 is 23.2 Å². The largest absolute Gasteiger partial charge is 0.508 e. The number of anilines is 2. The Morgan fingerprint density at radius 2 is 1.47 bits per heavy atom. The lowest BCUT2D eigenvalue weighted by molar-refractivity contribution is -0.126. The average molecular weight is 400 g/mol. The van der Waals surface area contributed by atoms with Crippen molar-refractivity contribution in [3.05, 3.63) is 90.0 Å². The predicted octanol–water partition coefficient (Wildman–Crippen LogP) is 3.75. The molecular weight excluding hydrogens is 380 g/mol. The highest BCUT2D eigenvalue weighted by molar-refractivity contribution is 6.23. The summed E-state index contributed by atoms with van der Waals surface area (Å²) < 4.78 is 0. The third-order valence-corrected chi connectivity index (χ3v) is 5.65. The Balaban J connectivity index is 1.58. The van der Waals surface area contributed by atoms with E-state index in [0.29, 0.717) is 5.69 Å². The van der Waals surface area contributed by atoms with Crippen LogP contribution in [0.4, 0.5) is 11.4 Å². The van der Waals surface area contributed by atoms with Crippen LogP contribution in [0.3, 0.4) is 0 Å². The summed E-state index contributed by atoms with van der Waals surface area (Å²) in [4.78, 5) is 34.0. The lowest BCUT2D eigenvalue weighted by atomic mass is 9.90. The molecule has 0 spiro atoms. The van der Waals surface area contributed by atoms with Crippen LogP contribution in [0.15, 0.2) is 78.9 Å². The number of carbonyl (C=O) groups excluding carboxylic acids is 2. The summed E-state index contributed by atoms with van der Waals surface area (Å²) in [5.41, 5.74) is 3.14. The molecule has 0 aromatic heterocycles. The zero-order valence-corrected chi connectivity index (χ0v) is 16.3. The molecule has 2 aliphatic rings. The number of nitrogens with zero attached hydrogens (tertiary/aromatic N) is 2. The summed E-state index contributed by atoms with van der Waals surface area (Å²) in [5, 5.41) is 11.3. The highest BCUT2D eigenvalue weighted by atomic mass is 16.7. The summed E-state index contributed by atoms with van der Waals surface area (Å²) in [6.07, 6.45) is -0.905. The molecule has 1 N–H and O–H groups in total. The summed E-state index contributed by atoms with van der Waals surface area (Å²) in [7, 11) is 0. The molecule has 6 heteroatoms. The van der Waals surface area contributed by atoms with Crippen LogP contribution in [-0.4, -0.2) is 23.0 Å². The number of amides is 2. The van der Waals surface area contributed by atoms with Gasteiger partial charge in [-0.3, -0.25) is 14.4 Å². The molecule has 2 saturated heterocycles. The lowest BCUT2D eigenvalue weighted by Gasteiger charge is -2.28. The van der Waals surface area contributed by atoms with Gasteiger partial charge in [0.05, 0.1) is 17.4 Å². The molecule has 2 fully saturated rings. The molecular formula is C24H20N2O4. The molecule has 0 aliphatic carbocycles. The highest BCUT2D eigenvalue weighted by Gasteiger charge is 2.60. The molecule has 2 amide bonds. The van der Waals surface area contributed by atoms with Gasteiger partial charge in [0.2, 0.25) is 5.91 Å². The van der Waals surface area contributed by atoms with Crippen LogP contribution in [0.1, 0.15) is 17.2 Å². The van der Waals surface area contributed by atoms with E-state index < -0.39 is 18.1 Å². The second-order valence-electron chi connectivity index (χ2n) is 7.60. The first kappa shape index (κ1) is 18.4. The van der Waals surface area contributed by atoms with E-state index >= 15 is 0 Å². The normalized spacial score (nSPS) is 23.2. The minimum atomic E-state index is -0.905. The van der Waals surface area contributed by atoms with Gasteiger partial charge in [0.15, 0.2) is 6.10 Å². The molecule has 3 aromatic carbocycles. The number of aryl methyl sites for hydroxylation is 1. The molecule has 5 rings (SSSR count). The Labute approximate surface area is 173 Å². The minimum absolute atomic E-state index is 0.135. The van der Waals surface area contributed by atoms with Gasteiger partial charge in [-0.25, -0.2) is 9.96 Å². The number of benzene rings is 3. The third-order valence-electron chi connectivity index (χ3n) is 5.65. The Bertz CT molecular complexity index is 1100. The molecule has 6 nitrogen and oxygen atoms in total. The number of rotatable bonds is 3. The molecule has 0 unspecified atom stereocenters. The number of para-hydroxylation sites is 1. The van der Waals surface area contributed by atoms with Crippen molar-refractivity contribution in [1.82, 2.24) is 0 Å². The molecule has 0 radical (unpaired) electrons. The summed E-state index contributed by atoms with van der Waals surface area (Å²) >= 11 is 0. The maximum Gasteiger partial charge on any atom is 0.266 e. The number of imide groups is 1. The van der Waals surface area contributed by atoms with Gasteiger partial charge in [-0.15, -0.1) is 0 Å². The van der Waals surface area contributed by atoms with Crippen LogP contribution in [0.25, 0.3) is 0 Å². The molecule has 30 heavy (non-hydrogen) atoms. The SMILES string of the molecule is Cc1ccc(N2C(=O)[C@@H]3[C@@H](c4ccc(O)cc4)N(c4ccccc4)O[C@H]3C2=O)cc1. The van der Waals surface area contributed by atoms with Crippen LogP contribution in [-0.2, 0) is 14.4 Å². The first-order valence-corrected chi connectivity index (χ1v) is 9.79. The van der Waals surface area contributed by atoms with E-state index in [0.717, 1.165) is 16.8 Å². The van der Waals surface area contributed by atoms with E-state index in [-0.39, 0.29) is 17.6 Å². The molecule has 150 valence electrons. The second kappa shape index (κ2) is 7.00. The topological polar surface area (TPSA) is 70.1 Å². The summed E-state index contributed by atoms with van der Waals surface area (Å²) in [6, 6.07) is 22.9. The number of hydrogen-bond donors (Lipinski definition) is 1. The maximum atomic E-state index is 13.5. The van der Waals surface area contributed by atoms with Gasteiger partial charge >= 0.3 is 0 Å². The number of aromatic hydroxyl groups is 1. The van der Waals surface area contributed by atoms with E-state index in [1.165, 1.54) is 4.90 Å². The van der Waals surface area contributed by atoms with Gasteiger partial charge in [-0.1, -0.05) is 48.0 Å². The van der Waals surface area contributed by atoms with Crippen molar-refractivity contribution in [1.29, 1.82) is 0 Å². The van der Waals surface area contributed by atoms with E-state index in [1.807, 2.05) is 49.4 Å². The molecule has 0 saturated carbocycles. The Morgan fingerprint density at radius 1 is 0.800 bits per heavy atom. The van der Waals surface area contributed by atoms with Crippen molar-refractivity contribution in [3.8, 4) is 5.75 Å². The van der Waals surface area contributed by atoms with E-state index in [9.17, 15) is 14.7 Å². The van der Waals surface area contributed by atoms with Crippen LogP contribution < -0.4 is 9.96 Å². The standard InChI is InChI=1S/C24H20N2O4/c1-15-7-11-17(12-8-15)25-23(28)20-21(16-9-13-19(27)14-10-16)26(30-22(20)24(25)29)18-5-3-2-4-6-18/h2-14,20-22,27H,1H3/t20-,21-,22-/m1/s1. The fourth-order valence-electron chi connectivity index (χ4n) is 4.17. The number of hydroxylamine groups is 1. The van der Waals surface area contributed by atoms with Crippen molar-refractivity contribution < 1.29 is 19.5 Å². The van der Waals surface area contributed by atoms with Gasteiger partial charge in [0.25, 0.3) is 5.91 Å². The minimum Gasteiger partial charge on any atom is -0.508 e. The number of phenols is 1. The smallest absolute Gasteiger partial charge is 0.266 e. The Hall–Kier alpha value is -3.64. The monoisotopic (exact) mass is 400 g/mol. The van der Waals surface area contributed by atoms with E-state index in [1.54, 1.807) is 41.5 Å². The van der Waals surface area contributed by atoms with Crippen LogP contribution in [0.5, 0.6) is 5.75 Å². The number of hydrogen-bond acceptors (Lipinski definition) is 5. The zero-order chi connectivity index (χ0) is 20.8. The van der Waals surface area contributed by atoms with Crippen molar-refractivity contribution in [3.63, 3.8) is 0 Å². The van der Waals surface area contributed by atoms with Crippen molar-refractivity contribution in [2.45, 2.75) is 19.1 Å². The molecule has 0 bridgehead atoms. The quantitative estimate of drug-likeness (QED) is 0.678. The van der Waals surface area contributed by atoms with Crippen LogP contribution in [0, 0.1) is 12.8 Å². The molecule has 3 atom stereocenters. The third kappa shape index (κ3) is 2.84. The molecule has 3 aromatic rings. The van der Waals surface area contributed by atoms with Gasteiger partial charge in [-0.2, -0.15) is 0 Å². The Kier molecular flexibility index (Phi) is 4.29. The van der Waals surface area contributed by atoms with Gasteiger partial charge in [0.1, 0.15) is 11.7 Å². The predicted molar refractivity (Wildman–Crippen MR) is 112 cm³/mol.